The second kappa shape index (κ2) is 22.1. The molecule has 25 nitrogen and oxygen atoms in total. The summed E-state index contributed by atoms with van der Waals surface area (Å²) < 4.78 is 65.1. The molecule has 5 aliphatic heterocycles. The minimum atomic E-state index is -1.92. The van der Waals surface area contributed by atoms with Crippen LogP contribution in [0.3, 0.4) is 0 Å². The monoisotopic (exact) mass is 905 g/mol. The number of aliphatic hydroxyl groups excluding tert-OH is 11. The minimum Gasteiger partial charge on any atom is -0.454 e. The van der Waals surface area contributed by atoms with E-state index >= 15 is 0 Å². The van der Waals surface area contributed by atoms with Gasteiger partial charge in [-0.05, 0) is 27.2 Å². The van der Waals surface area contributed by atoms with Crippen molar-refractivity contribution in [1.29, 1.82) is 0 Å². The number of hydrogen-bond acceptors (Lipinski definition) is 24. The molecule has 5 heterocycles. The van der Waals surface area contributed by atoms with E-state index in [2.05, 4.69) is 5.32 Å². The lowest BCUT2D eigenvalue weighted by Gasteiger charge is -2.51. The van der Waals surface area contributed by atoms with Crippen LogP contribution in [0.1, 0.15) is 48.0 Å². The maximum atomic E-state index is 12.8. The quantitative estimate of drug-likeness (QED) is 0.0680. The van der Waals surface area contributed by atoms with Gasteiger partial charge in [-0.25, -0.2) is 0 Å². The molecule has 11 unspecified atom stereocenters. The number of carbonyl (C=O) groups is 2. The van der Waals surface area contributed by atoms with Crippen LogP contribution in [0.2, 0.25) is 0 Å². The van der Waals surface area contributed by atoms with Gasteiger partial charge in [0.1, 0.15) is 97.6 Å². The van der Waals surface area contributed by atoms with Crippen LogP contribution in [-0.4, -0.2) is 241 Å². The molecule has 0 aromatic heterocycles. The standard InChI is InChI=1S/C37H63NO24/c1-7-8-52-36-31(29(20(44)12(3)54-36)61-35-27(51)25(49)22(46)16(9-39)58-35)62-33-18(38-14(5)41)28(23(47)17(10-40)57-33)59-37-32(56-15(6)42)30(21(45)13(4)55-37)60-34-26(50)24(48)19(43)11(2)53-34/h11-13,16-37,39-40,43-51H,7-10H2,1-6H3,(H,38,41)/t11?,12?,13?,16?,17?,18?,19-,20-,21-,22+,23-,24?,25?,26-,27?,28+,29?,30?,31-,32-,33-,34-,35+,36+,37-/m0/s1. The number of rotatable bonds is 15. The van der Waals surface area contributed by atoms with Gasteiger partial charge in [0.15, 0.2) is 37.6 Å². The summed E-state index contributed by atoms with van der Waals surface area (Å²) in [5, 5.41) is 120. The fourth-order valence-electron chi connectivity index (χ4n) is 7.88. The molecule has 5 fully saturated rings. The molecule has 5 rings (SSSR count). The maximum Gasteiger partial charge on any atom is 0.303 e. The number of aliphatic hydroxyl groups is 11. The normalized spacial score (nSPS) is 49.0. The van der Waals surface area contributed by atoms with Gasteiger partial charge in [-0.1, -0.05) is 6.92 Å². The predicted molar refractivity (Wildman–Crippen MR) is 197 cm³/mol. The predicted octanol–water partition coefficient (Wildman–Crippen LogP) is -6.69. The molecule has 25 heteroatoms. The van der Waals surface area contributed by atoms with Crippen LogP contribution in [0.15, 0.2) is 0 Å². The lowest BCUT2D eigenvalue weighted by molar-refractivity contribution is -0.391. The fraction of sp³-hybridized carbons (Fsp3) is 0.946. The molecule has 0 spiro atoms. The Kier molecular flexibility index (Phi) is 18.2. The third kappa shape index (κ3) is 11.2. The third-order valence-corrected chi connectivity index (χ3v) is 11.4. The molecule has 0 bridgehead atoms. The average Bonchev–Trinajstić information content (AvgIpc) is 3.22. The number of esters is 1. The van der Waals surface area contributed by atoms with Gasteiger partial charge in [0.05, 0.1) is 31.5 Å². The molecule has 1 amide bonds. The van der Waals surface area contributed by atoms with Crippen LogP contribution in [0.5, 0.6) is 0 Å². The first-order valence-electron chi connectivity index (χ1n) is 20.5. The first-order valence-corrected chi connectivity index (χ1v) is 20.5. The highest BCUT2D eigenvalue weighted by Gasteiger charge is 2.57. The summed E-state index contributed by atoms with van der Waals surface area (Å²) in [7, 11) is 0. The van der Waals surface area contributed by atoms with Crippen molar-refractivity contribution in [3.63, 3.8) is 0 Å². The molecular formula is C37H63NO24. The van der Waals surface area contributed by atoms with Gasteiger partial charge < -0.3 is 114 Å². The molecular weight excluding hydrogens is 842 g/mol. The molecule has 5 saturated heterocycles. The molecule has 25 atom stereocenters. The van der Waals surface area contributed by atoms with E-state index < -0.39 is 179 Å². The van der Waals surface area contributed by atoms with Gasteiger partial charge in [-0.15, -0.1) is 0 Å². The molecule has 62 heavy (non-hydrogen) atoms. The molecule has 12 N–H and O–H groups in total. The van der Waals surface area contributed by atoms with Crippen LogP contribution in [0.4, 0.5) is 0 Å². The Hall–Kier alpha value is -1.90. The Balaban J connectivity index is 1.49. The lowest BCUT2D eigenvalue weighted by Crippen LogP contribution is -2.70. The number of nitrogens with one attached hydrogen (secondary N) is 1. The minimum absolute atomic E-state index is 0.0652. The third-order valence-electron chi connectivity index (χ3n) is 11.4. The highest BCUT2D eigenvalue weighted by molar-refractivity contribution is 5.73. The van der Waals surface area contributed by atoms with E-state index in [-0.39, 0.29) is 6.61 Å². The number of ether oxygens (including phenoxy) is 11. The van der Waals surface area contributed by atoms with E-state index in [1.54, 1.807) is 6.92 Å². The van der Waals surface area contributed by atoms with Crippen LogP contribution < -0.4 is 5.32 Å². The van der Waals surface area contributed by atoms with Crippen molar-refractivity contribution < 1.29 is 118 Å². The second-order valence-electron chi connectivity index (χ2n) is 16.1. The van der Waals surface area contributed by atoms with Gasteiger partial charge in [0, 0.05) is 20.5 Å². The van der Waals surface area contributed by atoms with E-state index in [0.29, 0.717) is 6.42 Å². The summed E-state index contributed by atoms with van der Waals surface area (Å²) >= 11 is 0. The van der Waals surface area contributed by atoms with Crippen molar-refractivity contribution in [3.8, 4) is 0 Å². The first kappa shape index (κ1) is 51.1. The molecule has 0 aromatic rings. The van der Waals surface area contributed by atoms with Gasteiger partial charge in [-0.3, -0.25) is 9.59 Å². The molecule has 5 aliphatic rings. The summed E-state index contributed by atoms with van der Waals surface area (Å²) in [5.74, 6) is -1.67. The van der Waals surface area contributed by atoms with E-state index in [4.69, 9.17) is 52.1 Å². The smallest absolute Gasteiger partial charge is 0.303 e. The van der Waals surface area contributed by atoms with Gasteiger partial charge >= 0.3 is 5.97 Å². The Bertz CT molecular complexity index is 1430. The molecule has 0 aromatic carbocycles. The maximum absolute atomic E-state index is 12.8. The van der Waals surface area contributed by atoms with Crippen LogP contribution in [0.25, 0.3) is 0 Å². The van der Waals surface area contributed by atoms with Crippen molar-refractivity contribution >= 4 is 11.9 Å². The molecule has 0 aliphatic carbocycles. The van der Waals surface area contributed by atoms with Crippen molar-refractivity contribution in [1.82, 2.24) is 5.32 Å². The van der Waals surface area contributed by atoms with Crippen molar-refractivity contribution in [2.75, 3.05) is 19.8 Å². The molecule has 0 radical (unpaired) electrons. The number of hydrogen-bond donors (Lipinski definition) is 12. The van der Waals surface area contributed by atoms with E-state index in [1.807, 2.05) is 0 Å². The van der Waals surface area contributed by atoms with Crippen LogP contribution in [-0.2, 0) is 61.7 Å². The fourth-order valence-corrected chi connectivity index (χ4v) is 7.88. The summed E-state index contributed by atoms with van der Waals surface area (Å²) in [5.41, 5.74) is 0. The largest absolute Gasteiger partial charge is 0.454 e. The van der Waals surface area contributed by atoms with E-state index in [1.165, 1.54) is 20.8 Å². The van der Waals surface area contributed by atoms with Crippen molar-refractivity contribution in [2.24, 2.45) is 0 Å². The Morgan fingerprint density at radius 2 is 0.952 bits per heavy atom. The summed E-state index contributed by atoms with van der Waals surface area (Å²) in [6, 6.07) is -1.59. The van der Waals surface area contributed by atoms with Crippen LogP contribution >= 0.6 is 0 Å². The first-order chi connectivity index (χ1) is 29.2. The van der Waals surface area contributed by atoms with E-state index in [0.717, 1.165) is 13.8 Å². The van der Waals surface area contributed by atoms with E-state index in [9.17, 15) is 65.8 Å². The number of carbonyl (C=O) groups excluding carboxylic acids is 2. The molecule has 0 saturated carbocycles. The zero-order chi connectivity index (χ0) is 45.9. The lowest BCUT2D eigenvalue weighted by atomic mass is 9.94. The van der Waals surface area contributed by atoms with Gasteiger partial charge in [0.25, 0.3) is 0 Å². The summed E-state index contributed by atoms with van der Waals surface area (Å²) in [6.45, 7) is 6.54. The summed E-state index contributed by atoms with van der Waals surface area (Å²) in [4.78, 5) is 25.4. The van der Waals surface area contributed by atoms with Gasteiger partial charge in [-0.2, -0.15) is 0 Å². The Labute approximate surface area is 356 Å². The van der Waals surface area contributed by atoms with Crippen molar-refractivity contribution in [2.45, 2.75) is 201 Å². The molecule has 360 valence electrons. The highest BCUT2D eigenvalue weighted by atomic mass is 16.8. The second-order valence-corrected chi connectivity index (χ2v) is 16.1. The Morgan fingerprint density at radius 1 is 0.500 bits per heavy atom. The van der Waals surface area contributed by atoms with Crippen LogP contribution in [0, 0.1) is 0 Å². The zero-order valence-corrected chi connectivity index (χ0v) is 35.0. The van der Waals surface area contributed by atoms with Crippen molar-refractivity contribution in [3.05, 3.63) is 0 Å². The highest BCUT2D eigenvalue weighted by Crippen LogP contribution is 2.37. The average molecular weight is 906 g/mol. The SMILES string of the molecule is CCCO[C@@H]1OC(C)[C@H](O)C(O[C@H]2OC(CO)[C@@H](O)C(O)C2O)[C@@H]1O[C@@H]1OC(CO)[C@H](O)[C@H](O[C@@H]2OC(C)[C@H](O)C(O[C@@H]3OC(C)[C@H](O)C(O)[C@@H]3O)[C@@H]2OC(C)=O)C1NC(C)=O. The Morgan fingerprint density at radius 3 is 1.50 bits per heavy atom. The van der Waals surface area contributed by atoms with Gasteiger partial charge in [0.2, 0.25) is 5.91 Å². The zero-order valence-electron chi connectivity index (χ0n) is 35.0. The number of amides is 1. The topological polar surface area (TPSA) is 370 Å². The summed E-state index contributed by atoms with van der Waals surface area (Å²) in [6.07, 6.45) is -38.2.